The van der Waals surface area contributed by atoms with Crippen LogP contribution in [-0.2, 0) is 9.53 Å². The van der Waals surface area contributed by atoms with Crippen molar-refractivity contribution in [2.24, 2.45) is 5.92 Å². The molecular formula is C13H26N2O2. The van der Waals surface area contributed by atoms with Crippen LogP contribution in [0.2, 0.25) is 0 Å². The van der Waals surface area contributed by atoms with Crippen molar-refractivity contribution in [1.82, 2.24) is 10.2 Å². The molecule has 4 heteroatoms. The molecule has 1 aliphatic heterocycles. The van der Waals surface area contributed by atoms with Crippen molar-refractivity contribution in [2.75, 3.05) is 26.7 Å². The number of hydrogen-bond acceptors (Lipinski definition) is 4. The Morgan fingerprint density at radius 3 is 2.65 bits per heavy atom. The Bertz CT molecular complexity index is 256. The van der Waals surface area contributed by atoms with Crippen molar-refractivity contribution in [3.8, 4) is 0 Å². The summed E-state index contributed by atoms with van der Waals surface area (Å²) in [6, 6.07) is 0.416. The predicted octanol–water partition coefficient (Wildman–Crippen LogP) is 1.26. The second-order valence-electron chi connectivity index (χ2n) is 5.55. The van der Waals surface area contributed by atoms with Gasteiger partial charge in [-0.05, 0) is 39.8 Å². The monoisotopic (exact) mass is 242 g/mol. The molecule has 0 bridgehead atoms. The first-order chi connectivity index (χ1) is 7.91. The van der Waals surface area contributed by atoms with Crippen molar-refractivity contribution in [3.63, 3.8) is 0 Å². The number of rotatable bonds is 5. The van der Waals surface area contributed by atoms with Gasteiger partial charge in [-0.25, -0.2) is 4.79 Å². The van der Waals surface area contributed by atoms with Crippen LogP contribution in [0, 0.1) is 5.92 Å². The molecule has 1 N–H and O–H groups in total. The summed E-state index contributed by atoms with van der Waals surface area (Å²) in [4.78, 5) is 14.4. The highest BCUT2D eigenvalue weighted by atomic mass is 16.5. The van der Waals surface area contributed by atoms with E-state index < -0.39 is 5.54 Å². The number of esters is 1. The summed E-state index contributed by atoms with van der Waals surface area (Å²) in [6.45, 7) is 10.3. The van der Waals surface area contributed by atoms with Gasteiger partial charge in [0.2, 0.25) is 0 Å². The maximum atomic E-state index is 12.2. The second kappa shape index (κ2) is 5.83. The molecule has 0 aromatic carbocycles. The Morgan fingerprint density at radius 1 is 1.59 bits per heavy atom. The van der Waals surface area contributed by atoms with Gasteiger partial charge in [0.15, 0.2) is 0 Å². The van der Waals surface area contributed by atoms with Crippen LogP contribution in [0.15, 0.2) is 0 Å². The minimum Gasteiger partial charge on any atom is -0.465 e. The smallest absolute Gasteiger partial charge is 0.327 e. The predicted molar refractivity (Wildman–Crippen MR) is 68.9 cm³/mol. The molecule has 0 aromatic heterocycles. The second-order valence-corrected chi connectivity index (χ2v) is 5.55. The lowest BCUT2D eigenvalue weighted by Gasteiger charge is -2.28. The van der Waals surface area contributed by atoms with Crippen LogP contribution in [0.5, 0.6) is 0 Å². The fourth-order valence-electron chi connectivity index (χ4n) is 2.32. The van der Waals surface area contributed by atoms with Crippen molar-refractivity contribution in [3.05, 3.63) is 0 Å². The molecule has 0 amide bonds. The van der Waals surface area contributed by atoms with Crippen molar-refractivity contribution >= 4 is 5.97 Å². The van der Waals surface area contributed by atoms with E-state index in [-0.39, 0.29) is 5.97 Å². The van der Waals surface area contributed by atoms with E-state index in [9.17, 15) is 4.79 Å². The highest BCUT2D eigenvalue weighted by molar-refractivity contribution is 5.82. The Morgan fingerprint density at radius 2 is 2.24 bits per heavy atom. The van der Waals surface area contributed by atoms with Gasteiger partial charge in [-0.3, -0.25) is 0 Å². The van der Waals surface area contributed by atoms with Gasteiger partial charge in [-0.1, -0.05) is 13.8 Å². The molecule has 2 unspecified atom stereocenters. The van der Waals surface area contributed by atoms with Gasteiger partial charge in [-0.2, -0.15) is 0 Å². The first kappa shape index (κ1) is 14.5. The van der Waals surface area contributed by atoms with E-state index in [1.807, 2.05) is 6.92 Å². The summed E-state index contributed by atoms with van der Waals surface area (Å²) < 4.78 is 5.23. The molecule has 1 heterocycles. The Kier molecular flexibility index (Phi) is 4.95. The topological polar surface area (TPSA) is 41.6 Å². The standard InChI is InChI=1S/C13H26N2O2/c1-6-17-12(16)13(14-8-10(2)3)7-11(4)15(5)9-13/h10-11,14H,6-9H2,1-5H3. The summed E-state index contributed by atoms with van der Waals surface area (Å²) in [5.41, 5.74) is -0.506. The van der Waals surface area contributed by atoms with Gasteiger partial charge in [0.1, 0.15) is 5.54 Å². The molecule has 1 saturated heterocycles. The van der Waals surface area contributed by atoms with Crippen molar-refractivity contribution < 1.29 is 9.53 Å². The van der Waals surface area contributed by atoms with Crippen molar-refractivity contribution in [1.29, 1.82) is 0 Å². The molecule has 100 valence electrons. The van der Waals surface area contributed by atoms with Gasteiger partial charge < -0.3 is 15.0 Å². The Hall–Kier alpha value is -0.610. The summed E-state index contributed by atoms with van der Waals surface area (Å²) >= 11 is 0. The minimum atomic E-state index is -0.506. The molecule has 0 aliphatic carbocycles. The molecule has 1 rings (SSSR count). The molecular weight excluding hydrogens is 216 g/mol. The third-order valence-electron chi connectivity index (χ3n) is 3.43. The van der Waals surface area contributed by atoms with Gasteiger partial charge in [0.25, 0.3) is 0 Å². The summed E-state index contributed by atoms with van der Waals surface area (Å²) in [6.07, 6.45) is 0.828. The fourth-order valence-corrected chi connectivity index (χ4v) is 2.32. The van der Waals surface area contributed by atoms with E-state index in [1.54, 1.807) is 0 Å². The maximum absolute atomic E-state index is 12.2. The van der Waals surface area contributed by atoms with Crippen LogP contribution in [0.3, 0.4) is 0 Å². The van der Waals surface area contributed by atoms with E-state index in [2.05, 4.69) is 38.0 Å². The first-order valence-electron chi connectivity index (χ1n) is 6.53. The number of carbonyl (C=O) groups is 1. The molecule has 1 aliphatic rings. The zero-order valence-electron chi connectivity index (χ0n) is 11.7. The minimum absolute atomic E-state index is 0.100. The number of ether oxygens (including phenoxy) is 1. The molecule has 0 saturated carbocycles. The first-order valence-corrected chi connectivity index (χ1v) is 6.53. The van der Waals surface area contributed by atoms with Gasteiger partial charge in [-0.15, -0.1) is 0 Å². The molecule has 17 heavy (non-hydrogen) atoms. The number of carbonyl (C=O) groups excluding carboxylic acids is 1. The number of likely N-dealkylation sites (N-methyl/N-ethyl adjacent to an activating group) is 1. The largest absolute Gasteiger partial charge is 0.465 e. The van der Waals surface area contributed by atoms with Crippen LogP contribution < -0.4 is 5.32 Å². The van der Waals surface area contributed by atoms with Crippen LogP contribution in [-0.4, -0.2) is 49.2 Å². The van der Waals surface area contributed by atoms with E-state index in [1.165, 1.54) is 0 Å². The third kappa shape index (κ3) is 3.42. The highest BCUT2D eigenvalue weighted by Crippen LogP contribution is 2.27. The summed E-state index contributed by atoms with van der Waals surface area (Å²) in [5.74, 6) is 0.430. The SMILES string of the molecule is CCOC(=O)C1(NCC(C)C)CC(C)N(C)C1. The maximum Gasteiger partial charge on any atom is 0.327 e. The van der Waals surface area contributed by atoms with Gasteiger partial charge in [0.05, 0.1) is 6.61 Å². The molecule has 0 aromatic rings. The Balaban J connectivity index is 2.75. The average molecular weight is 242 g/mol. The van der Waals surface area contributed by atoms with Crippen molar-refractivity contribution in [2.45, 2.75) is 45.7 Å². The third-order valence-corrected chi connectivity index (χ3v) is 3.43. The molecule has 0 radical (unpaired) electrons. The normalized spacial score (nSPS) is 29.9. The molecule has 0 spiro atoms. The average Bonchev–Trinajstić information content (AvgIpc) is 2.54. The van der Waals surface area contributed by atoms with E-state index in [0.717, 1.165) is 19.5 Å². The number of likely N-dealkylation sites (tertiary alicyclic amines) is 1. The lowest BCUT2D eigenvalue weighted by molar-refractivity contribution is -0.150. The van der Waals surface area contributed by atoms with E-state index in [0.29, 0.717) is 18.6 Å². The summed E-state index contributed by atoms with van der Waals surface area (Å²) in [7, 11) is 2.06. The van der Waals surface area contributed by atoms with E-state index in [4.69, 9.17) is 4.74 Å². The number of hydrogen-bond donors (Lipinski definition) is 1. The molecule has 2 atom stereocenters. The summed E-state index contributed by atoms with van der Waals surface area (Å²) in [5, 5.41) is 3.42. The van der Waals surface area contributed by atoms with Gasteiger partial charge in [0, 0.05) is 12.6 Å². The quantitative estimate of drug-likeness (QED) is 0.737. The highest BCUT2D eigenvalue weighted by Gasteiger charge is 2.47. The fraction of sp³-hybridized carbons (Fsp3) is 0.923. The number of nitrogens with one attached hydrogen (secondary N) is 1. The zero-order valence-corrected chi connectivity index (χ0v) is 11.7. The lowest BCUT2D eigenvalue weighted by Crippen LogP contribution is -2.55. The Labute approximate surface area is 105 Å². The molecule has 4 nitrogen and oxygen atoms in total. The van der Waals surface area contributed by atoms with Gasteiger partial charge >= 0.3 is 5.97 Å². The van der Waals surface area contributed by atoms with Crippen LogP contribution in [0.1, 0.15) is 34.1 Å². The van der Waals surface area contributed by atoms with Crippen LogP contribution in [0.25, 0.3) is 0 Å². The zero-order chi connectivity index (χ0) is 13.1. The van der Waals surface area contributed by atoms with E-state index >= 15 is 0 Å². The lowest BCUT2D eigenvalue weighted by atomic mass is 9.95. The van der Waals surface area contributed by atoms with Crippen LogP contribution >= 0.6 is 0 Å². The number of nitrogens with zero attached hydrogens (tertiary/aromatic N) is 1. The van der Waals surface area contributed by atoms with Crippen LogP contribution in [0.4, 0.5) is 0 Å². The molecule has 1 fully saturated rings.